The quantitative estimate of drug-likeness (QED) is 0.764. The van der Waals surface area contributed by atoms with Crippen LogP contribution in [0.4, 0.5) is 5.69 Å². The fourth-order valence-electron chi connectivity index (χ4n) is 1.50. The molecule has 0 fully saturated rings. The van der Waals surface area contributed by atoms with E-state index < -0.39 is 5.97 Å². The van der Waals surface area contributed by atoms with E-state index in [4.69, 9.17) is 9.84 Å². The smallest absolute Gasteiger partial charge is 0.339 e. The van der Waals surface area contributed by atoms with Gasteiger partial charge in [-0.1, -0.05) is 0 Å². The minimum absolute atomic E-state index is 0.0540. The summed E-state index contributed by atoms with van der Waals surface area (Å²) in [5.74, 6) is -1.07. The van der Waals surface area contributed by atoms with E-state index in [0.717, 1.165) is 0 Å². The Hall–Kier alpha value is -2.08. The van der Waals surface area contributed by atoms with Crippen molar-refractivity contribution in [2.24, 2.45) is 0 Å². The Morgan fingerprint density at radius 2 is 1.95 bits per heavy atom. The number of carbonyl (C=O) groups excluding carboxylic acids is 1. The van der Waals surface area contributed by atoms with Gasteiger partial charge in [0.2, 0.25) is 5.91 Å². The molecule has 0 bridgehead atoms. The number of anilines is 1. The molecule has 0 aliphatic rings. The Morgan fingerprint density at radius 1 is 1.30 bits per heavy atom. The summed E-state index contributed by atoms with van der Waals surface area (Å²) in [6.45, 7) is 6.06. The highest BCUT2D eigenvalue weighted by Gasteiger charge is 2.14. The van der Waals surface area contributed by atoms with Crippen molar-refractivity contribution in [3.63, 3.8) is 0 Å². The monoisotopic (exact) mass is 280 g/mol. The van der Waals surface area contributed by atoms with Crippen LogP contribution in [-0.4, -0.2) is 36.2 Å². The molecule has 0 saturated heterocycles. The van der Waals surface area contributed by atoms with Gasteiger partial charge >= 0.3 is 5.97 Å². The van der Waals surface area contributed by atoms with Crippen LogP contribution in [0.15, 0.2) is 18.2 Å². The molecule has 0 radical (unpaired) electrons. The van der Waals surface area contributed by atoms with Gasteiger partial charge in [-0.3, -0.25) is 4.79 Å². The second-order valence-corrected chi connectivity index (χ2v) is 5.37. The SMILES string of the molecule is COc1cc(NC(=O)CNC(C)(C)C)ccc1C(=O)O. The Morgan fingerprint density at radius 3 is 2.45 bits per heavy atom. The van der Waals surface area contributed by atoms with Crippen molar-refractivity contribution >= 4 is 17.6 Å². The Bertz CT molecular complexity index is 506. The van der Waals surface area contributed by atoms with Crippen LogP contribution in [0.3, 0.4) is 0 Å². The van der Waals surface area contributed by atoms with Crippen molar-refractivity contribution in [1.29, 1.82) is 0 Å². The number of carbonyl (C=O) groups is 2. The summed E-state index contributed by atoms with van der Waals surface area (Å²) >= 11 is 0. The van der Waals surface area contributed by atoms with Crippen molar-refractivity contribution in [2.45, 2.75) is 26.3 Å². The number of rotatable bonds is 5. The summed E-state index contributed by atoms with van der Waals surface area (Å²) in [6, 6.07) is 4.41. The average Bonchev–Trinajstić information content (AvgIpc) is 2.35. The number of carboxylic acids is 1. The van der Waals surface area contributed by atoms with E-state index in [0.29, 0.717) is 5.69 Å². The molecule has 1 rings (SSSR count). The van der Waals surface area contributed by atoms with Crippen molar-refractivity contribution in [3.05, 3.63) is 23.8 Å². The summed E-state index contributed by atoms with van der Waals surface area (Å²) in [5, 5.41) is 14.7. The normalized spacial score (nSPS) is 11.0. The van der Waals surface area contributed by atoms with E-state index in [-0.39, 0.29) is 29.3 Å². The summed E-state index contributed by atoms with van der Waals surface area (Å²) in [7, 11) is 1.38. The standard InChI is InChI=1S/C14H20N2O4/c1-14(2,3)15-8-12(17)16-9-5-6-10(13(18)19)11(7-9)20-4/h5-7,15H,8H2,1-4H3,(H,16,17)(H,18,19). The Kier molecular flexibility index (Phi) is 5.10. The molecule has 0 saturated carbocycles. The zero-order valence-corrected chi connectivity index (χ0v) is 12.1. The highest BCUT2D eigenvalue weighted by Crippen LogP contribution is 2.23. The fourth-order valence-corrected chi connectivity index (χ4v) is 1.50. The second-order valence-electron chi connectivity index (χ2n) is 5.37. The van der Waals surface area contributed by atoms with Crippen LogP contribution >= 0.6 is 0 Å². The van der Waals surface area contributed by atoms with Gasteiger partial charge in [-0.2, -0.15) is 0 Å². The zero-order chi connectivity index (χ0) is 15.3. The second kappa shape index (κ2) is 6.38. The Balaban J connectivity index is 2.74. The molecule has 0 atom stereocenters. The van der Waals surface area contributed by atoms with E-state index in [2.05, 4.69) is 10.6 Å². The third-order valence-corrected chi connectivity index (χ3v) is 2.49. The van der Waals surface area contributed by atoms with E-state index in [9.17, 15) is 9.59 Å². The molecule has 1 aromatic rings. The third kappa shape index (κ3) is 4.89. The van der Waals surface area contributed by atoms with Crippen molar-refractivity contribution in [3.8, 4) is 5.75 Å². The minimum Gasteiger partial charge on any atom is -0.496 e. The summed E-state index contributed by atoms with van der Waals surface area (Å²) in [6.07, 6.45) is 0. The predicted octanol–water partition coefficient (Wildman–Crippen LogP) is 1.72. The van der Waals surface area contributed by atoms with Gasteiger partial charge in [0.25, 0.3) is 0 Å². The summed E-state index contributed by atoms with van der Waals surface area (Å²) < 4.78 is 5.00. The number of methoxy groups -OCH3 is 1. The largest absolute Gasteiger partial charge is 0.496 e. The third-order valence-electron chi connectivity index (χ3n) is 2.49. The van der Waals surface area contributed by atoms with Crippen LogP contribution in [-0.2, 0) is 4.79 Å². The van der Waals surface area contributed by atoms with E-state index >= 15 is 0 Å². The van der Waals surface area contributed by atoms with Crippen LogP contribution in [0.5, 0.6) is 5.75 Å². The van der Waals surface area contributed by atoms with Gasteiger partial charge < -0.3 is 20.5 Å². The maximum Gasteiger partial charge on any atom is 0.339 e. The van der Waals surface area contributed by atoms with Crippen LogP contribution in [0, 0.1) is 0 Å². The van der Waals surface area contributed by atoms with Crippen LogP contribution in [0.1, 0.15) is 31.1 Å². The predicted molar refractivity (Wildman–Crippen MR) is 76.3 cm³/mol. The average molecular weight is 280 g/mol. The zero-order valence-electron chi connectivity index (χ0n) is 12.1. The lowest BCUT2D eigenvalue weighted by atomic mass is 10.1. The molecule has 0 aliphatic heterocycles. The molecule has 1 aromatic carbocycles. The first-order chi connectivity index (χ1) is 9.23. The molecular formula is C14H20N2O4. The number of nitrogens with one attached hydrogen (secondary N) is 2. The first kappa shape index (κ1) is 16.0. The lowest BCUT2D eigenvalue weighted by Gasteiger charge is -2.20. The highest BCUT2D eigenvalue weighted by molar-refractivity contribution is 5.95. The molecule has 0 unspecified atom stereocenters. The molecule has 0 heterocycles. The highest BCUT2D eigenvalue weighted by atomic mass is 16.5. The molecule has 20 heavy (non-hydrogen) atoms. The van der Waals surface area contributed by atoms with Crippen LogP contribution < -0.4 is 15.4 Å². The van der Waals surface area contributed by atoms with Gasteiger partial charge in [0.15, 0.2) is 0 Å². The topological polar surface area (TPSA) is 87.7 Å². The lowest BCUT2D eigenvalue weighted by molar-refractivity contribution is -0.115. The van der Waals surface area contributed by atoms with Crippen molar-refractivity contribution in [1.82, 2.24) is 5.32 Å². The number of amides is 1. The van der Waals surface area contributed by atoms with E-state index in [1.165, 1.54) is 25.3 Å². The maximum absolute atomic E-state index is 11.7. The number of hydrogen-bond donors (Lipinski definition) is 3. The molecule has 0 aliphatic carbocycles. The van der Waals surface area contributed by atoms with E-state index in [1.807, 2.05) is 20.8 Å². The van der Waals surface area contributed by atoms with Gasteiger partial charge in [-0.25, -0.2) is 4.79 Å². The molecule has 6 heteroatoms. The fraction of sp³-hybridized carbons (Fsp3) is 0.429. The molecule has 1 amide bonds. The number of benzene rings is 1. The number of hydrogen-bond acceptors (Lipinski definition) is 4. The number of carboxylic acid groups (broad SMARTS) is 1. The molecule has 3 N–H and O–H groups in total. The Labute approximate surface area is 118 Å². The number of aromatic carboxylic acids is 1. The molecule has 110 valence electrons. The van der Waals surface area contributed by atoms with E-state index in [1.54, 1.807) is 0 Å². The number of ether oxygens (including phenoxy) is 1. The lowest BCUT2D eigenvalue weighted by Crippen LogP contribution is -2.41. The van der Waals surface area contributed by atoms with Gasteiger partial charge in [-0.15, -0.1) is 0 Å². The van der Waals surface area contributed by atoms with Crippen molar-refractivity contribution in [2.75, 3.05) is 19.0 Å². The summed E-state index contributed by atoms with van der Waals surface area (Å²) in [5.41, 5.74) is 0.397. The molecule has 6 nitrogen and oxygen atoms in total. The van der Waals surface area contributed by atoms with Crippen molar-refractivity contribution < 1.29 is 19.4 Å². The van der Waals surface area contributed by atoms with Gasteiger partial charge in [0, 0.05) is 17.3 Å². The van der Waals surface area contributed by atoms with Gasteiger partial charge in [-0.05, 0) is 32.9 Å². The van der Waals surface area contributed by atoms with Gasteiger partial charge in [0.05, 0.1) is 13.7 Å². The summed E-state index contributed by atoms with van der Waals surface area (Å²) in [4.78, 5) is 22.7. The molecule has 0 aromatic heterocycles. The first-order valence-electron chi connectivity index (χ1n) is 6.19. The van der Waals surface area contributed by atoms with Crippen LogP contribution in [0.2, 0.25) is 0 Å². The van der Waals surface area contributed by atoms with Crippen LogP contribution in [0.25, 0.3) is 0 Å². The van der Waals surface area contributed by atoms with Gasteiger partial charge in [0.1, 0.15) is 11.3 Å². The maximum atomic E-state index is 11.7. The minimum atomic E-state index is -1.07. The first-order valence-corrected chi connectivity index (χ1v) is 6.19. The molecular weight excluding hydrogens is 260 g/mol. The molecule has 0 spiro atoms.